The van der Waals surface area contributed by atoms with Crippen LogP contribution in [-0.4, -0.2) is 24.4 Å². The number of hydrogen-bond donors (Lipinski definition) is 0. The van der Waals surface area contributed by atoms with Gasteiger partial charge in [-0.15, -0.1) is 0 Å². The highest BCUT2D eigenvalue weighted by Gasteiger charge is 2.37. The highest BCUT2D eigenvalue weighted by atomic mass is 79.9. The molecule has 0 aliphatic heterocycles. The summed E-state index contributed by atoms with van der Waals surface area (Å²) in [6.45, 7) is 0.897. The molecule has 0 radical (unpaired) electrons. The van der Waals surface area contributed by atoms with Gasteiger partial charge in [-0.1, -0.05) is 44.7 Å². The molecule has 0 amide bonds. The average Bonchev–Trinajstić information content (AvgIpc) is 2.79. The zero-order valence-corrected chi connectivity index (χ0v) is 12.8. The van der Waals surface area contributed by atoms with Crippen LogP contribution in [0.5, 0.6) is 0 Å². The normalized spacial score (nSPS) is 18.6. The van der Waals surface area contributed by atoms with Crippen molar-refractivity contribution < 1.29 is 4.74 Å². The summed E-state index contributed by atoms with van der Waals surface area (Å²) in [5.41, 5.74) is 0.467. The summed E-state index contributed by atoms with van der Waals surface area (Å²) in [5.74, 6) is 0.910. The van der Waals surface area contributed by atoms with Gasteiger partial charge in [-0.3, -0.25) is 0 Å². The predicted molar refractivity (Wildman–Crippen MR) is 73.1 cm³/mol. The molecule has 1 aliphatic rings. The Morgan fingerprint density at radius 3 is 2.27 bits per heavy atom. The molecule has 0 atom stereocenters. The molecule has 1 fully saturated rings. The zero-order valence-electron chi connectivity index (χ0n) is 9.61. The molecule has 1 aliphatic carbocycles. The molecule has 3 heteroatoms. The van der Waals surface area contributed by atoms with Crippen LogP contribution in [0.2, 0.25) is 0 Å². The molecule has 0 N–H and O–H groups in total. The minimum atomic E-state index is 0.467. The maximum Gasteiger partial charge on any atom is 0.0462 e. The summed E-state index contributed by atoms with van der Waals surface area (Å²) in [6.07, 6.45) is 8.16. The van der Waals surface area contributed by atoms with Crippen molar-refractivity contribution in [3.05, 3.63) is 0 Å². The topological polar surface area (TPSA) is 9.23 Å². The van der Waals surface area contributed by atoms with Crippen molar-refractivity contribution in [2.45, 2.75) is 38.5 Å². The third-order valence-electron chi connectivity index (χ3n) is 3.78. The zero-order chi connectivity index (χ0) is 11.1. The minimum absolute atomic E-state index is 0.467. The first-order valence-electron chi connectivity index (χ1n) is 5.90. The van der Waals surface area contributed by atoms with Crippen LogP contribution in [0.25, 0.3) is 0 Å². The van der Waals surface area contributed by atoms with E-state index in [4.69, 9.17) is 4.74 Å². The van der Waals surface area contributed by atoms with Gasteiger partial charge < -0.3 is 4.74 Å². The Bertz CT molecular complexity index is 163. The molecule has 0 aromatic carbocycles. The van der Waals surface area contributed by atoms with Gasteiger partial charge in [0.25, 0.3) is 0 Å². The molecule has 1 rings (SSSR count). The Kier molecular flexibility index (Phi) is 6.79. The van der Waals surface area contributed by atoms with E-state index in [9.17, 15) is 0 Å². The van der Waals surface area contributed by atoms with Crippen LogP contribution in [0.15, 0.2) is 0 Å². The van der Waals surface area contributed by atoms with E-state index >= 15 is 0 Å². The van der Waals surface area contributed by atoms with Gasteiger partial charge in [-0.05, 0) is 37.0 Å². The van der Waals surface area contributed by atoms with Gasteiger partial charge in [0.1, 0.15) is 0 Å². The molecule has 1 nitrogen and oxygen atoms in total. The smallest absolute Gasteiger partial charge is 0.0462 e. The largest absolute Gasteiger partial charge is 0.385 e. The molecule has 90 valence electrons. The SMILES string of the molecule is COCCCC(CBr)(CBr)C1CCCC1. The third kappa shape index (κ3) is 3.71. The Hall–Kier alpha value is 0.920. The third-order valence-corrected chi connectivity index (χ3v) is 6.01. The molecule has 0 aromatic heterocycles. The Morgan fingerprint density at radius 1 is 1.20 bits per heavy atom. The second-order valence-electron chi connectivity index (χ2n) is 4.71. The van der Waals surface area contributed by atoms with Crippen LogP contribution < -0.4 is 0 Å². The molecule has 0 saturated heterocycles. The summed E-state index contributed by atoms with van der Waals surface area (Å²) >= 11 is 7.45. The van der Waals surface area contributed by atoms with E-state index in [1.54, 1.807) is 7.11 Å². The maximum absolute atomic E-state index is 5.16. The lowest BCUT2D eigenvalue weighted by Crippen LogP contribution is -2.33. The van der Waals surface area contributed by atoms with Gasteiger partial charge in [-0.25, -0.2) is 0 Å². The average molecular weight is 342 g/mol. The summed E-state index contributed by atoms with van der Waals surface area (Å²) in [5, 5.41) is 2.25. The number of methoxy groups -OCH3 is 1. The fourth-order valence-electron chi connectivity index (χ4n) is 2.70. The van der Waals surface area contributed by atoms with E-state index in [0.29, 0.717) is 5.41 Å². The number of halogens is 2. The van der Waals surface area contributed by atoms with Crippen molar-refractivity contribution in [3.8, 4) is 0 Å². The lowest BCUT2D eigenvalue weighted by atomic mass is 9.74. The monoisotopic (exact) mass is 340 g/mol. The lowest BCUT2D eigenvalue weighted by Gasteiger charge is -2.36. The molecule has 0 bridgehead atoms. The van der Waals surface area contributed by atoms with Crippen LogP contribution in [0.3, 0.4) is 0 Å². The van der Waals surface area contributed by atoms with E-state index in [1.807, 2.05) is 0 Å². The lowest BCUT2D eigenvalue weighted by molar-refractivity contribution is 0.153. The van der Waals surface area contributed by atoms with E-state index < -0.39 is 0 Å². The van der Waals surface area contributed by atoms with Gasteiger partial charge in [0.2, 0.25) is 0 Å². The summed E-state index contributed by atoms with van der Waals surface area (Å²) in [7, 11) is 1.79. The van der Waals surface area contributed by atoms with Crippen LogP contribution in [-0.2, 0) is 4.74 Å². The molecule has 0 spiro atoms. The maximum atomic E-state index is 5.16. The standard InChI is InChI=1S/C12H22Br2O/c1-15-8-4-7-12(9-13,10-14)11-5-2-3-6-11/h11H,2-10H2,1H3. The fraction of sp³-hybridized carbons (Fsp3) is 1.00. The van der Waals surface area contributed by atoms with E-state index in [-0.39, 0.29) is 0 Å². The highest BCUT2D eigenvalue weighted by Crippen LogP contribution is 2.45. The van der Waals surface area contributed by atoms with Gasteiger partial charge >= 0.3 is 0 Å². The van der Waals surface area contributed by atoms with Crippen molar-refractivity contribution >= 4 is 31.9 Å². The Morgan fingerprint density at radius 2 is 1.80 bits per heavy atom. The molecule has 0 aromatic rings. The first-order valence-corrected chi connectivity index (χ1v) is 8.14. The molecule has 0 heterocycles. The van der Waals surface area contributed by atoms with Crippen molar-refractivity contribution in [1.29, 1.82) is 0 Å². The van der Waals surface area contributed by atoms with Gasteiger partial charge in [0, 0.05) is 24.4 Å². The van der Waals surface area contributed by atoms with E-state index in [1.165, 1.54) is 38.5 Å². The van der Waals surface area contributed by atoms with Crippen LogP contribution in [0, 0.1) is 11.3 Å². The number of alkyl halides is 2. The van der Waals surface area contributed by atoms with Crippen LogP contribution in [0.1, 0.15) is 38.5 Å². The molecule has 1 saturated carbocycles. The number of hydrogen-bond acceptors (Lipinski definition) is 1. The van der Waals surface area contributed by atoms with Gasteiger partial charge in [0.15, 0.2) is 0 Å². The van der Waals surface area contributed by atoms with Gasteiger partial charge in [0.05, 0.1) is 0 Å². The minimum Gasteiger partial charge on any atom is -0.385 e. The van der Waals surface area contributed by atoms with Crippen LogP contribution in [0.4, 0.5) is 0 Å². The molecule has 15 heavy (non-hydrogen) atoms. The quantitative estimate of drug-likeness (QED) is 0.493. The molecular formula is C12H22Br2O. The van der Waals surface area contributed by atoms with Crippen molar-refractivity contribution in [1.82, 2.24) is 0 Å². The fourth-order valence-corrected chi connectivity index (χ4v) is 5.10. The van der Waals surface area contributed by atoms with Crippen molar-refractivity contribution in [2.75, 3.05) is 24.4 Å². The molecular weight excluding hydrogens is 320 g/mol. The Balaban J connectivity index is 2.50. The Labute approximate surface area is 111 Å². The van der Waals surface area contributed by atoms with Crippen molar-refractivity contribution in [3.63, 3.8) is 0 Å². The number of ether oxygens (including phenoxy) is 1. The van der Waals surface area contributed by atoms with E-state index in [0.717, 1.165) is 23.2 Å². The highest BCUT2D eigenvalue weighted by molar-refractivity contribution is 9.09. The first kappa shape index (κ1) is 14.0. The van der Waals surface area contributed by atoms with Gasteiger partial charge in [-0.2, -0.15) is 0 Å². The summed E-state index contributed by atoms with van der Waals surface area (Å²) in [6, 6.07) is 0. The summed E-state index contributed by atoms with van der Waals surface area (Å²) in [4.78, 5) is 0. The first-order chi connectivity index (χ1) is 7.29. The second kappa shape index (κ2) is 7.29. The predicted octanol–water partition coefficient (Wildman–Crippen LogP) is 4.38. The molecule has 0 unspecified atom stereocenters. The second-order valence-corrected chi connectivity index (χ2v) is 5.83. The summed E-state index contributed by atoms with van der Waals surface area (Å²) < 4.78 is 5.16. The van der Waals surface area contributed by atoms with E-state index in [2.05, 4.69) is 31.9 Å². The van der Waals surface area contributed by atoms with Crippen molar-refractivity contribution in [2.24, 2.45) is 11.3 Å². The van der Waals surface area contributed by atoms with Crippen LogP contribution >= 0.6 is 31.9 Å². The number of rotatable bonds is 7.